The number of aryl methyl sites for hydroxylation is 2. The van der Waals surface area contributed by atoms with Crippen molar-refractivity contribution < 1.29 is 19.2 Å². The Kier molecular flexibility index (Phi) is 6.47. The Labute approximate surface area is 201 Å². The molecule has 34 heavy (non-hydrogen) atoms. The van der Waals surface area contributed by atoms with Crippen LogP contribution in [0.15, 0.2) is 66.7 Å². The second-order valence-electron chi connectivity index (χ2n) is 8.05. The number of benzene rings is 3. The molecule has 0 fully saturated rings. The number of hydrogen-bond acceptors (Lipinski definition) is 4. The van der Waals surface area contributed by atoms with E-state index in [2.05, 4.69) is 10.6 Å². The van der Waals surface area contributed by atoms with Gasteiger partial charge in [-0.1, -0.05) is 54.1 Å². The zero-order chi connectivity index (χ0) is 24.4. The lowest BCUT2D eigenvalue weighted by Gasteiger charge is -2.22. The lowest BCUT2D eigenvalue weighted by molar-refractivity contribution is -0.126. The summed E-state index contributed by atoms with van der Waals surface area (Å²) in [6, 6.07) is 17.5. The summed E-state index contributed by atoms with van der Waals surface area (Å²) >= 11 is 5.99. The predicted octanol–water partition coefficient (Wildman–Crippen LogP) is 4.05. The number of anilines is 1. The summed E-state index contributed by atoms with van der Waals surface area (Å²) in [5.74, 6) is -2.20. The highest BCUT2D eigenvalue weighted by Gasteiger charge is 2.37. The standard InChI is InChI=1S/C26H22ClN3O4/c1-15-6-5-7-16(2)22(15)29-24(32)23(17-10-12-18(27)13-11-17)28-21(31)14-30-25(33)19-8-3-4-9-20(19)26(30)34/h3-13,23H,14H2,1-2H3,(H,28,31)(H,29,32)/t23-/m0/s1. The second kappa shape index (κ2) is 9.49. The number of nitrogens with zero attached hydrogens (tertiary/aromatic N) is 1. The zero-order valence-corrected chi connectivity index (χ0v) is 19.3. The average Bonchev–Trinajstić information content (AvgIpc) is 3.05. The SMILES string of the molecule is Cc1cccc(C)c1NC(=O)[C@@H](NC(=O)CN1C(=O)c2ccccc2C1=O)c1ccc(Cl)cc1. The van der Waals surface area contributed by atoms with Gasteiger partial charge in [0.15, 0.2) is 0 Å². The molecule has 8 heteroatoms. The zero-order valence-electron chi connectivity index (χ0n) is 18.6. The molecule has 3 aromatic rings. The van der Waals surface area contributed by atoms with Crippen LogP contribution >= 0.6 is 11.6 Å². The van der Waals surface area contributed by atoms with Gasteiger partial charge >= 0.3 is 0 Å². The van der Waals surface area contributed by atoms with E-state index in [9.17, 15) is 19.2 Å². The van der Waals surface area contributed by atoms with Crippen molar-refractivity contribution in [2.45, 2.75) is 19.9 Å². The first-order valence-electron chi connectivity index (χ1n) is 10.6. The number of rotatable bonds is 6. The van der Waals surface area contributed by atoms with Crippen LogP contribution in [0.1, 0.15) is 43.4 Å². The van der Waals surface area contributed by atoms with E-state index in [0.29, 0.717) is 16.3 Å². The van der Waals surface area contributed by atoms with Crippen LogP contribution in [0.3, 0.4) is 0 Å². The van der Waals surface area contributed by atoms with Gasteiger partial charge in [-0.05, 0) is 54.8 Å². The predicted molar refractivity (Wildman–Crippen MR) is 129 cm³/mol. The van der Waals surface area contributed by atoms with E-state index < -0.39 is 36.2 Å². The number of carbonyl (C=O) groups excluding carboxylic acids is 4. The average molecular weight is 476 g/mol. The first-order valence-corrected chi connectivity index (χ1v) is 11.0. The summed E-state index contributed by atoms with van der Waals surface area (Å²) in [5.41, 5.74) is 3.41. The molecule has 172 valence electrons. The van der Waals surface area contributed by atoms with E-state index in [1.165, 1.54) is 0 Å². The van der Waals surface area contributed by atoms with Gasteiger partial charge in [0.2, 0.25) is 5.91 Å². The second-order valence-corrected chi connectivity index (χ2v) is 8.49. The molecular formula is C26H22ClN3O4. The third-order valence-electron chi connectivity index (χ3n) is 5.68. The molecule has 2 N–H and O–H groups in total. The Morgan fingerprint density at radius 1 is 0.853 bits per heavy atom. The third kappa shape index (κ3) is 4.56. The van der Waals surface area contributed by atoms with Gasteiger partial charge in [0.1, 0.15) is 12.6 Å². The number of imide groups is 1. The van der Waals surface area contributed by atoms with Crippen molar-refractivity contribution in [2.75, 3.05) is 11.9 Å². The van der Waals surface area contributed by atoms with E-state index in [1.54, 1.807) is 48.5 Å². The van der Waals surface area contributed by atoms with Crippen molar-refractivity contribution in [3.05, 3.63) is 99.6 Å². The summed E-state index contributed by atoms with van der Waals surface area (Å²) in [6.45, 7) is 3.24. The minimum absolute atomic E-state index is 0.252. The molecule has 0 aliphatic carbocycles. The number of amides is 4. The number of nitrogens with one attached hydrogen (secondary N) is 2. The fraction of sp³-hybridized carbons (Fsp3) is 0.154. The molecule has 4 amide bonds. The van der Waals surface area contributed by atoms with Crippen LogP contribution in [0, 0.1) is 13.8 Å². The maximum absolute atomic E-state index is 13.3. The Balaban J connectivity index is 1.56. The molecule has 0 saturated carbocycles. The first kappa shape index (κ1) is 23.2. The molecular weight excluding hydrogens is 454 g/mol. The Morgan fingerprint density at radius 3 is 1.97 bits per heavy atom. The smallest absolute Gasteiger partial charge is 0.262 e. The molecule has 0 spiro atoms. The van der Waals surface area contributed by atoms with Crippen molar-refractivity contribution >= 4 is 40.9 Å². The monoisotopic (exact) mass is 475 g/mol. The van der Waals surface area contributed by atoms with Crippen molar-refractivity contribution in [1.82, 2.24) is 10.2 Å². The minimum Gasteiger partial charge on any atom is -0.339 e. The van der Waals surface area contributed by atoms with Crippen molar-refractivity contribution in [3.8, 4) is 0 Å². The van der Waals surface area contributed by atoms with Gasteiger partial charge < -0.3 is 10.6 Å². The van der Waals surface area contributed by atoms with Crippen molar-refractivity contribution in [3.63, 3.8) is 0 Å². The highest BCUT2D eigenvalue weighted by Crippen LogP contribution is 2.25. The van der Waals surface area contributed by atoms with Gasteiger partial charge in [-0.25, -0.2) is 0 Å². The lowest BCUT2D eigenvalue weighted by atomic mass is 10.0. The minimum atomic E-state index is -1.07. The largest absolute Gasteiger partial charge is 0.339 e. The first-order chi connectivity index (χ1) is 16.3. The van der Waals surface area contributed by atoms with Crippen molar-refractivity contribution in [2.24, 2.45) is 0 Å². The molecule has 1 atom stereocenters. The summed E-state index contributed by atoms with van der Waals surface area (Å²) in [7, 11) is 0. The summed E-state index contributed by atoms with van der Waals surface area (Å²) in [4.78, 5) is 52.3. The fourth-order valence-corrected chi connectivity index (χ4v) is 4.02. The van der Waals surface area contributed by atoms with Crippen LogP contribution in [0.2, 0.25) is 5.02 Å². The third-order valence-corrected chi connectivity index (χ3v) is 5.93. The summed E-state index contributed by atoms with van der Waals surface area (Å²) in [5, 5.41) is 6.04. The topological polar surface area (TPSA) is 95.6 Å². The Hall–Kier alpha value is -3.97. The molecule has 4 rings (SSSR count). The maximum atomic E-state index is 13.3. The van der Waals surface area contributed by atoms with E-state index >= 15 is 0 Å². The van der Waals surface area contributed by atoms with E-state index in [1.807, 2.05) is 32.0 Å². The number of fused-ring (bicyclic) bond motifs is 1. The molecule has 1 heterocycles. The lowest BCUT2D eigenvalue weighted by Crippen LogP contribution is -2.44. The normalized spacial score (nSPS) is 13.4. The van der Waals surface area contributed by atoms with Crippen LogP contribution in [0.5, 0.6) is 0 Å². The van der Waals surface area contributed by atoms with Crippen LogP contribution < -0.4 is 10.6 Å². The van der Waals surface area contributed by atoms with E-state index in [0.717, 1.165) is 16.0 Å². The van der Waals surface area contributed by atoms with Gasteiger partial charge in [0, 0.05) is 10.7 Å². The van der Waals surface area contributed by atoms with Crippen LogP contribution in [0.4, 0.5) is 5.69 Å². The van der Waals surface area contributed by atoms with Crippen LogP contribution in [-0.2, 0) is 9.59 Å². The molecule has 1 aliphatic rings. The molecule has 1 aliphatic heterocycles. The molecule has 0 unspecified atom stereocenters. The molecule has 0 radical (unpaired) electrons. The fourth-order valence-electron chi connectivity index (χ4n) is 3.90. The summed E-state index contributed by atoms with van der Waals surface area (Å²) < 4.78 is 0. The van der Waals surface area contributed by atoms with Gasteiger partial charge in [-0.15, -0.1) is 0 Å². The summed E-state index contributed by atoms with van der Waals surface area (Å²) in [6.07, 6.45) is 0. The van der Waals surface area contributed by atoms with Gasteiger partial charge in [-0.3, -0.25) is 24.1 Å². The quantitative estimate of drug-likeness (QED) is 0.526. The van der Waals surface area contributed by atoms with Gasteiger partial charge in [0.05, 0.1) is 11.1 Å². The van der Waals surface area contributed by atoms with Crippen LogP contribution in [0.25, 0.3) is 0 Å². The number of carbonyl (C=O) groups is 4. The molecule has 3 aromatic carbocycles. The highest BCUT2D eigenvalue weighted by molar-refractivity contribution is 6.30. The van der Waals surface area contributed by atoms with Gasteiger partial charge in [0.25, 0.3) is 17.7 Å². The Bertz CT molecular complexity index is 1250. The van der Waals surface area contributed by atoms with Crippen molar-refractivity contribution in [1.29, 1.82) is 0 Å². The molecule has 0 saturated heterocycles. The molecule has 7 nitrogen and oxygen atoms in total. The van der Waals surface area contributed by atoms with E-state index in [4.69, 9.17) is 11.6 Å². The number of hydrogen-bond donors (Lipinski definition) is 2. The highest BCUT2D eigenvalue weighted by atomic mass is 35.5. The number of halogens is 1. The van der Waals surface area contributed by atoms with Crippen LogP contribution in [-0.4, -0.2) is 35.1 Å². The molecule has 0 bridgehead atoms. The molecule has 0 aromatic heterocycles. The van der Waals surface area contributed by atoms with Gasteiger partial charge in [-0.2, -0.15) is 0 Å². The maximum Gasteiger partial charge on any atom is 0.262 e. The Morgan fingerprint density at radius 2 is 1.41 bits per heavy atom. The number of para-hydroxylation sites is 1. The van der Waals surface area contributed by atoms with E-state index in [-0.39, 0.29) is 11.1 Å².